The summed E-state index contributed by atoms with van der Waals surface area (Å²) in [5.74, 6) is 0. The van der Waals surface area contributed by atoms with Crippen LogP contribution < -0.4 is 0 Å². The average molecular weight is 131 g/mol. The van der Waals surface area contributed by atoms with E-state index in [-0.39, 0.29) is 0 Å². The Morgan fingerprint density at radius 1 is 1.67 bits per heavy atom. The molecule has 54 valence electrons. The lowest BCUT2D eigenvalue weighted by Gasteiger charge is -2.17. The van der Waals surface area contributed by atoms with Gasteiger partial charge in [0, 0.05) is 6.61 Å². The van der Waals surface area contributed by atoms with Crippen LogP contribution in [0.15, 0.2) is 5.16 Å². The quantitative estimate of drug-likeness (QED) is 0.356. The van der Waals surface area contributed by atoms with Crippen LogP contribution in [-0.2, 0) is 4.74 Å². The first-order valence-electron chi connectivity index (χ1n) is 2.95. The van der Waals surface area contributed by atoms with Crippen molar-refractivity contribution in [1.82, 2.24) is 0 Å². The Balaban J connectivity index is 3.70. The second kappa shape index (κ2) is 3.45. The predicted octanol–water partition coefficient (Wildman–Crippen LogP) is 1.26. The van der Waals surface area contributed by atoms with Gasteiger partial charge in [-0.3, -0.25) is 0 Å². The maximum absolute atomic E-state index is 8.12. The predicted molar refractivity (Wildman–Crippen MR) is 36.0 cm³/mol. The summed E-state index contributed by atoms with van der Waals surface area (Å²) in [5, 5.41) is 11.0. The first-order chi connectivity index (χ1) is 4.12. The van der Waals surface area contributed by atoms with Crippen LogP contribution in [0.4, 0.5) is 0 Å². The first-order valence-corrected chi connectivity index (χ1v) is 2.95. The molecular weight excluding hydrogens is 118 g/mol. The number of hydrogen-bond donors (Lipinski definition) is 1. The fourth-order valence-electron chi connectivity index (χ4n) is 0.548. The van der Waals surface area contributed by atoms with Gasteiger partial charge in [0.25, 0.3) is 0 Å². The summed E-state index contributed by atoms with van der Waals surface area (Å²) in [7, 11) is 0. The van der Waals surface area contributed by atoms with Gasteiger partial charge in [0.2, 0.25) is 0 Å². The normalized spacial score (nSPS) is 12.8. The molecule has 0 unspecified atom stereocenters. The van der Waals surface area contributed by atoms with Gasteiger partial charge in [0.1, 0.15) is 5.60 Å². The molecule has 0 aromatic rings. The molecule has 0 aliphatic heterocycles. The molecule has 0 fully saturated rings. The molecule has 0 amide bonds. The van der Waals surface area contributed by atoms with E-state index in [0.717, 1.165) is 0 Å². The van der Waals surface area contributed by atoms with Crippen LogP contribution in [-0.4, -0.2) is 23.6 Å². The van der Waals surface area contributed by atoms with E-state index in [0.29, 0.717) is 6.61 Å². The Labute approximate surface area is 55.3 Å². The van der Waals surface area contributed by atoms with Gasteiger partial charge in [-0.05, 0) is 20.8 Å². The lowest BCUT2D eigenvalue weighted by Crippen LogP contribution is -2.25. The average Bonchev–Trinajstić information content (AvgIpc) is 1.64. The Kier molecular flexibility index (Phi) is 3.24. The third-order valence-electron chi connectivity index (χ3n) is 0.885. The highest BCUT2D eigenvalue weighted by molar-refractivity contribution is 5.66. The van der Waals surface area contributed by atoms with Gasteiger partial charge in [0.15, 0.2) is 0 Å². The smallest absolute Gasteiger partial charge is 0.101 e. The molecule has 0 saturated heterocycles. The molecule has 0 bridgehead atoms. The fraction of sp³-hybridized carbons (Fsp3) is 0.833. The molecule has 3 heteroatoms. The van der Waals surface area contributed by atoms with Crippen molar-refractivity contribution in [2.24, 2.45) is 5.16 Å². The van der Waals surface area contributed by atoms with Gasteiger partial charge in [-0.15, -0.1) is 0 Å². The van der Waals surface area contributed by atoms with Crippen LogP contribution in [0.3, 0.4) is 0 Å². The van der Waals surface area contributed by atoms with E-state index in [2.05, 4.69) is 5.16 Å². The van der Waals surface area contributed by atoms with E-state index in [9.17, 15) is 0 Å². The van der Waals surface area contributed by atoms with Crippen LogP contribution in [0.25, 0.3) is 0 Å². The van der Waals surface area contributed by atoms with Crippen molar-refractivity contribution < 1.29 is 9.94 Å². The highest BCUT2D eigenvalue weighted by Crippen LogP contribution is 2.03. The van der Waals surface area contributed by atoms with Crippen molar-refractivity contribution in [1.29, 1.82) is 0 Å². The summed E-state index contributed by atoms with van der Waals surface area (Å²) in [6.07, 6.45) is 1.36. The minimum atomic E-state index is -0.441. The molecular formula is C6H13NO2. The van der Waals surface area contributed by atoms with E-state index in [1.165, 1.54) is 6.21 Å². The molecule has 0 aromatic heterocycles. The van der Waals surface area contributed by atoms with E-state index in [1.54, 1.807) is 0 Å². The lowest BCUT2D eigenvalue weighted by molar-refractivity contribution is 0.0458. The van der Waals surface area contributed by atoms with Crippen LogP contribution in [0, 0.1) is 0 Å². The Morgan fingerprint density at radius 2 is 2.22 bits per heavy atom. The molecule has 0 saturated carbocycles. The van der Waals surface area contributed by atoms with Crippen LogP contribution in [0.1, 0.15) is 20.8 Å². The summed E-state index contributed by atoms with van der Waals surface area (Å²) in [4.78, 5) is 0. The van der Waals surface area contributed by atoms with Gasteiger partial charge >= 0.3 is 0 Å². The minimum absolute atomic E-state index is 0.441. The standard InChI is InChI=1S/C6H13NO2/c1-4-9-6(2,3)5-7-8/h5,8H,4H2,1-3H3/b7-5-. The molecule has 3 nitrogen and oxygen atoms in total. The molecule has 0 aliphatic carbocycles. The van der Waals surface area contributed by atoms with Crippen LogP contribution in [0.5, 0.6) is 0 Å². The lowest BCUT2D eigenvalue weighted by atomic mass is 10.2. The van der Waals surface area contributed by atoms with Crippen LogP contribution >= 0.6 is 0 Å². The first kappa shape index (κ1) is 8.43. The molecule has 0 atom stereocenters. The number of ether oxygens (including phenoxy) is 1. The second-order valence-corrected chi connectivity index (χ2v) is 2.28. The molecule has 0 aromatic carbocycles. The molecule has 9 heavy (non-hydrogen) atoms. The van der Waals surface area contributed by atoms with E-state index >= 15 is 0 Å². The van der Waals surface area contributed by atoms with Gasteiger partial charge in [-0.1, -0.05) is 5.16 Å². The molecule has 0 spiro atoms. The van der Waals surface area contributed by atoms with Crippen molar-refractivity contribution in [2.45, 2.75) is 26.4 Å². The van der Waals surface area contributed by atoms with Gasteiger partial charge in [-0.2, -0.15) is 0 Å². The molecule has 1 N–H and O–H groups in total. The zero-order chi connectivity index (χ0) is 7.33. The summed E-state index contributed by atoms with van der Waals surface area (Å²) >= 11 is 0. The summed E-state index contributed by atoms with van der Waals surface area (Å²) in [6.45, 7) is 6.18. The van der Waals surface area contributed by atoms with Crippen molar-refractivity contribution in [3.05, 3.63) is 0 Å². The molecule has 0 heterocycles. The Hall–Kier alpha value is -0.570. The summed E-state index contributed by atoms with van der Waals surface area (Å²) in [6, 6.07) is 0. The number of nitrogens with zero attached hydrogens (tertiary/aromatic N) is 1. The maximum Gasteiger partial charge on any atom is 0.101 e. The van der Waals surface area contributed by atoms with E-state index < -0.39 is 5.60 Å². The third-order valence-corrected chi connectivity index (χ3v) is 0.885. The van der Waals surface area contributed by atoms with E-state index in [1.807, 2.05) is 20.8 Å². The summed E-state index contributed by atoms with van der Waals surface area (Å²) < 4.78 is 5.16. The highest BCUT2D eigenvalue weighted by atomic mass is 16.5. The largest absolute Gasteiger partial charge is 0.411 e. The van der Waals surface area contributed by atoms with Crippen molar-refractivity contribution in [3.8, 4) is 0 Å². The van der Waals surface area contributed by atoms with Crippen molar-refractivity contribution in [3.63, 3.8) is 0 Å². The van der Waals surface area contributed by atoms with Crippen LogP contribution in [0.2, 0.25) is 0 Å². The maximum atomic E-state index is 8.12. The Bertz CT molecular complexity index is 99.2. The molecule has 0 aliphatic rings. The molecule has 0 radical (unpaired) electrons. The SMILES string of the molecule is CCOC(C)(C)/C=N\O. The second-order valence-electron chi connectivity index (χ2n) is 2.28. The number of oxime groups is 1. The molecule has 0 rings (SSSR count). The summed E-state index contributed by atoms with van der Waals surface area (Å²) in [5.41, 5.74) is -0.441. The third kappa shape index (κ3) is 3.97. The van der Waals surface area contributed by atoms with Gasteiger partial charge in [0.05, 0.1) is 6.21 Å². The minimum Gasteiger partial charge on any atom is -0.411 e. The number of rotatable bonds is 3. The number of hydrogen-bond acceptors (Lipinski definition) is 3. The fourth-order valence-corrected chi connectivity index (χ4v) is 0.548. The zero-order valence-electron chi connectivity index (χ0n) is 6.09. The topological polar surface area (TPSA) is 41.8 Å². The zero-order valence-corrected chi connectivity index (χ0v) is 6.09. The van der Waals surface area contributed by atoms with E-state index in [4.69, 9.17) is 9.94 Å². The monoisotopic (exact) mass is 131 g/mol. The van der Waals surface area contributed by atoms with Crippen molar-refractivity contribution >= 4 is 6.21 Å². The highest BCUT2D eigenvalue weighted by Gasteiger charge is 2.13. The van der Waals surface area contributed by atoms with Gasteiger partial charge in [-0.25, -0.2) is 0 Å². The van der Waals surface area contributed by atoms with Crippen molar-refractivity contribution in [2.75, 3.05) is 6.61 Å². The Morgan fingerprint density at radius 3 is 2.56 bits per heavy atom. The van der Waals surface area contributed by atoms with Gasteiger partial charge < -0.3 is 9.94 Å².